The van der Waals surface area contributed by atoms with Crippen molar-refractivity contribution in [3.8, 4) is 0 Å². The van der Waals surface area contributed by atoms with Crippen LogP contribution >= 0.6 is 0 Å². The van der Waals surface area contributed by atoms with Gasteiger partial charge in [0, 0.05) is 26.2 Å². The molecule has 2 aromatic rings. The Morgan fingerprint density at radius 3 is 1.79 bits per heavy atom. The number of amides is 2. The fourth-order valence-corrected chi connectivity index (χ4v) is 4.80. The number of nitrogens with zero attached hydrogens (tertiary/aromatic N) is 2. The predicted molar refractivity (Wildman–Crippen MR) is 173 cm³/mol. The van der Waals surface area contributed by atoms with Crippen LogP contribution in [0.25, 0.3) is 0 Å². The number of carbonyl (C=O) groups is 3. The lowest BCUT2D eigenvalue weighted by Gasteiger charge is -2.41. The van der Waals surface area contributed by atoms with Crippen LogP contribution in [-0.4, -0.2) is 112 Å². The average Bonchev–Trinajstić information content (AvgIpc) is 3.02. The first kappa shape index (κ1) is 37.9. The molecule has 260 valence electrons. The standard InChI is InChI=1S/C35H50N2O10/c1-33(2,3)31(41)46-24-35(43,23-44-21-25-13-9-7-10-14-25)29(45-22-26-15-11-8-12-16-26)27(38)28(39)30(40)36-17-19-37(20-18-36)32(42)47-34(4,5)6/h7-16,27-29,38-39,43H,17-24H2,1-6H3/t27-,28-,29+,35-/m1/s1. The summed E-state index contributed by atoms with van der Waals surface area (Å²) in [7, 11) is 0. The third-order valence-electron chi connectivity index (χ3n) is 7.46. The van der Waals surface area contributed by atoms with E-state index in [1.807, 2.05) is 36.4 Å². The Balaban J connectivity index is 1.83. The molecule has 0 radical (unpaired) electrons. The summed E-state index contributed by atoms with van der Waals surface area (Å²) in [6, 6.07) is 18.1. The summed E-state index contributed by atoms with van der Waals surface area (Å²) in [5.74, 6) is -1.43. The van der Waals surface area contributed by atoms with Crippen molar-refractivity contribution >= 4 is 18.0 Å². The molecule has 0 bridgehead atoms. The average molecular weight is 659 g/mol. The third kappa shape index (κ3) is 11.6. The van der Waals surface area contributed by atoms with Crippen molar-refractivity contribution in [2.24, 2.45) is 5.41 Å². The highest BCUT2D eigenvalue weighted by Gasteiger charge is 2.49. The smallest absolute Gasteiger partial charge is 0.410 e. The van der Waals surface area contributed by atoms with Gasteiger partial charge in [-0.05, 0) is 52.7 Å². The summed E-state index contributed by atoms with van der Waals surface area (Å²) in [5, 5.41) is 34.8. The van der Waals surface area contributed by atoms with Gasteiger partial charge >= 0.3 is 12.1 Å². The van der Waals surface area contributed by atoms with Gasteiger partial charge in [-0.15, -0.1) is 0 Å². The molecule has 12 nitrogen and oxygen atoms in total. The summed E-state index contributed by atoms with van der Waals surface area (Å²) < 4.78 is 22.8. The van der Waals surface area contributed by atoms with Gasteiger partial charge in [0.05, 0.1) is 25.2 Å². The number of esters is 1. The Labute approximate surface area is 277 Å². The van der Waals surface area contributed by atoms with E-state index in [4.69, 9.17) is 18.9 Å². The van der Waals surface area contributed by atoms with E-state index in [0.29, 0.717) is 5.56 Å². The number of aliphatic hydroxyl groups is 3. The molecule has 0 spiro atoms. The first-order valence-corrected chi connectivity index (χ1v) is 15.8. The molecule has 1 saturated heterocycles. The maximum atomic E-state index is 13.5. The highest BCUT2D eigenvalue weighted by molar-refractivity contribution is 5.82. The Morgan fingerprint density at radius 2 is 1.28 bits per heavy atom. The zero-order valence-corrected chi connectivity index (χ0v) is 28.3. The van der Waals surface area contributed by atoms with E-state index < -0.39 is 66.1 Å². The van der Waals surface area contributed by atoms with Crippen molar-refractivity contribution in [2.45, 2.75) is 84.3 Å². The lowest BCUT2D eigenvalue weighted by molar-refractivity contribution is -0.222. The Morgan fingerprint density at radius 1 is 0.766 bits per heavy atom. The van der Waals surface area contributed by atoms with Crippen molar-refractivity contribution in [1.82, 2.24) is 9.80 Å². The molecule has 2 amide bonds. The summed E-state index contributed by atoms with van der Waals surface area (Å²) in [5.41, 5.74) is -2.27. The molecule has 1 fully saturated rings. The zero-order valence-electron chi connectivity index (χ0n) is 28.3. The number of aliphatic hydroxyl groups excluding tert-OH is 2. The molecule has 3 rings (SSSR count). The third-order valence-corrected chi connectivity index (χ3v) is 7.46. The van der Waals surface area contributed by atoms with Gasteiger partial charge in [0.25, 0.3) is 5.91 Å². The fraction of sp³-hybridized carbons (Fsp3) is 0.571. The van der Waals surface area contributed by atoms with Crippen LogP contribution in [0.15, 0.2) is 60.7 Å². The monoisotopic (exact) mass is 658 g/mol. The van der Waals surface area contributed by atoms with E-state index in [1.165, 1.54) is 9.80 Å². The Hall–Kier alpha value is -3.55. The molecule has 4 atom stereocenters. The maximum absolute atomic E-state index is 13.5. The van der Waals surface area contributed by atoms with E-state index in [0.717, 1.165) is 5.56 Å². The second kappa shape index (κ2) is 16.5. The molecular weight excluding hydrogens is 608 g/mol. The molecule has 47 heavy (non-hydrogen) atoms. The minimum absolute atomic E-state index is 0.0846. The van der Waals surface area contributed by atoms with Gasteiger partial charge in [0.15, 0.2) is 11.7 Å². The van der Waals surface area contributed by atoms with Gasteiger partial charge in [-0.3, -0.25) is 9.59 Å². The highest BCUT2D eigenvalue weighted by atomic mass is 16.6. The molecule has 2 aromatic carbocycles. The molecule has 1 heterocycles. The van der Waals surface area contributed by atoms with Crippen LogP contribution in [0.4, 0.5) is 4.79 Å². The highest BCUT2D eigenvalue weighted by Crippen LogP contribution is 2.26. The largest absolute Gasteiger partial charge is 0.462 e. The number of hydrogen-bond acceptors (Lipinski definition) is 10. The van der Waals surface area contributed by atoms with Crippen LogP contribution < -0.4 is 0 Å². The topological polar surface area (TPSA) is 155 Å². The van der Waals surface area contributed by atoms with Gasteiger partial charge in [-0.1, -0.05) is 60.7 Å². The zero-order chi connectivity index (χ0) is 34.8. The van der Waals surface area contributed by atoms with E-state index in [1.54, 1.807) is 65.8 Å². The second-order valence-corrected chi connectivity index (χ2v) is 13.9. The number of benzene rings is 2. The lowest BCUT2D eigenvalue weighted by atomic mass is 9.90. The second-order valence-electron chi connectivity index (χ2n) is 13.9. The van der Waals surface area contributed by atoms with Crippen LogP contribution in [0.2, 0.25) is 0 Å². The molecule has 0 unspecified atom stereocenters. The molecule has 1 aliphatic rings. The van der Waals surface area contributed by atoms with Crippen LogP contribution in [0.1, 0.15) is 52.7 Å². The Bertz CT molecular complexity index is 1290. The number of carbonyl (C=O) groups excluding carboxylic acids is 3. The summed E-state index contributed by atoms with van der Waals surface area (Å²) >= 11 is 0. The van der Waals surface area contributed by atoms with Gasteiger partial charge in [0.2, 0.25) is 0 Å². The fourth-order valence-electron chi connectivity index (χ4n) is 4.80. The molecule has 0 aliphatic carbocycles. The van der Waals surface area contributed by atoms with Crippen molar-refractivity contribution in [3.05, 3.63) is 71.8 Å². The summed E-state index contributed by atoms with van der Waals surface area (Å²) in [6.45, 7) is 9.62. The lowest BCUT2D eigenvalue weighted by Crippen LogP contribution is -2.62. The van der Waals surface area contributed by atoms with Crippen molar-refractivity contribution < 1.29 is 48.7 Å². The molecule has 0 aromatic heterocycles. The van der Waals surface area contributed by atoms with Crippen molar-refractivity contribution in [1.29, 1.82) is 0 Å². The maximum Gasteiger partial charge on any atom is 0.410 e. The SMILES string of the molecule is CC(C)(C)OC(=O)N1CCN(C(=O)[C@H](O)[C@@H](O)[C@H](OCc2ccccc2)[C@@](O)(COCc2ccccc2)COC(=O)C(C)(C)C)CC1. The quantitative estimate of drug-likeness (QED) is 0.274. The van der Waals surface area contributed by atoms with Crippen LogP contribution in [-0.2, 0) is 41.8 Å². The van der Waals surface area contributed by atoms with Gasteiger partial charge in [0.1, 0.15) is 24.4 Å². The van der Waals surface area contributed by atoms with Crippen LogP contribution in [0.3, 0.4) is 0 Å². The minimum Gasteiger partial charge on any atom is -0.462 e. The molecular formula is C35H50N2O10. The number of rotatable bonds is 13. The predicted octanol–water partition coefficient (Wildman–Crippen LogP) is 2.91. The minimum atomic E-state index is -2.19. The Kier molecular flexibility index (Phi) is 13.3. The van der Waals surface area contributed by atoms with E-state index in [-0.39, 0.29) is 39.4 Å². The normalized spacial score (nSPS) is 17.3. The van der Waals surface area contributed by atoms with Gasteiger partial charge < -0.3 is 44.1 Å². The van der Waals surface area contributed by atoms with Crippen LogP contribution in [0, 0.1) is 5.41 Å². The van der Waals surface area contributed by atoms with Crippen molar-refractivity contribution in [3.63, 3.8) is 0 Å². The molecule has 0 saturated carbocycles. The number of piperazine rings is 1. The van der Waals surface area contributed by atoms with Crippen molar-refractivity contribution in [2.75, 3.05) is 39.4 Å². The first-order valence-electron chi connectivity index (χ1n) is 15.8. The van der Waals surface area contributed by atoms with Gasteiger partial charge in [-0.25, -0.2) is 4.79 Å². The summed E-state index contributed by atoms with van der Waals surface area (Å²) in [4.78, 5) is 41.5. The van der Waals surface area contributed by atoms with E-state index >= 15 is 0 Å². The van der Waals surface area contributed by atoms with Gasteiger partial charge in [-0.2, -0.15) is 0 Å². The number of hydrogen-bond donors (Lipinski definition) is 3. The van der Waals surface area contributed by atoms with Crippen LogP contribution in [0.5, 0.6) is 0 Å². The first-order chi connectivity index (χ1) is 22.0. The molecule has 3 N–H and O–H groups in total. The molecule has 1 aliphatic heterocycles. The summed E-state index contributed by atoms with van der Waals surface area (Å²) in [6.07, 6.45) is -6.14. The number of ether oxygens (including phenoxy) is 4. The van der Waals surface area contributed by atoms with E-state index in [2.05, 4.69) is 0 Å². The molecule has 12 heteroatoms. The van der Waals surface area contributed by atoms with E-state index in [9.17, 15) is 29.7 Å².